The van der Waals surface area contributed by atoms with Gasteiger partial charge in [-0.15, -0.1) is 11.5 Å². The number of hydrogen-bond acceptors (Lipinski definition) is 3. The number of para-hydroxylation sites is 3. The van der Waals surface area contributed by atoms with Gasteiger partial charge in [0.25, 0.3) is 0 Å². The Morgan fingerprint density at radius 1 is 0.733 bits per heavy atom. The van der Waals surface area contributed by atoms with Gasteiger partial charge < -0.3 is 14.4 Å². The van der Waals surface area contributed by atoms with E-state index < -0.39 is 0 Å². The van der Waals surface area contributed by atoms with Crippen LogP contribution in [0.25, 0.3) is 27.6 Å². The third kappa shape index (κ3) is 5.28. The van der Waals surface area contributed by atoms with Gasteiger partial charge in [0.15, 0.2) is 0 Å². The van der Waals surface area contributed by atoms with E-state index in [2.05, 4.69) is 166 Å². The molecule has 0 saturated heterocycles. The summed E-state index contributed by atoms with van der Waals surface area (Å²) in [4.78, 5) is 9.70. The van der Waals surface area contributed by atoms with Crippen LogP contribution in [-0.2, 0) is 26.5 Å². The number of nitrogens with zero attached hydrogens (tertiary/aromatic N) is 4. The van der Waals surface area contributed by atoms with Crippen molar-refractivity contribution in [1.29, 1.82) is 0 Å². The molecule has 6 aromatic rings. The molecule has 0 N–H and O–H groups in total. The predicted molar refractivity (Wildman–Crippen MR) is 185 cm³/mol. The van der Waals surface area contributed by atoms with Crippen LogP contribution >= 0.6 is 0 Å². The molecule has 0 bridgehead atoms. The van der Waals surface area contributed by atoms with Gasteiger partial charge in [0.05, 0.1) is 18.0 Å². The Bertz CT molecular complexity index is 2010. The van der Waals surface area contributed by atoms with Gasteiger partial charge in [0, 0.05) is 17.3 Å². The van der Waals surface area contributed by atoms with Crippen LogP contribution < -0.4 is 9.80 Å². The zero-order valence-corrected chi connectivity index (χ0v) is 29.4. The second-order valence-corrected chi connectivity index (χ2v) is 13.8. The second-order valence-electron chi connectivity index (χ2n) is 13.8. The molecule has 0 saturated carbocycles. The Balaban J connectivity index is 0.00000357. The molecular weight excluding hydrogens is 732 g/mol. The van der Waals surface area contributed by atoms with Crippen LogP contribution in [0.3, 0.4) is 0 Å². The molecule has 7 rings (SSSR count). The third-order valence-corrected chi connectivity index (χ3v) is 9.22. The summed E-state index contributed by atoms with van der Waals surface area (Å²) < 4.78 is 2.28. The van der Waals surface area contributed by atoms with Gasteiger partial charge in [0.2, 0.25) is 0 Å². The van der Waals surface area contributed by atoms with E-state index in [0.717, 1.165) is 40.3 Å². The summed E-state index contributed by atoms with van der Waals surface area (Å²) in [5.41, 5.74) is 8.98. The summed E-state index contributed by atoms with van der Waals surface area (Å²) in [6.07, 6.45) is 1.93. The van der Waals surface area contributed by atoms with Gasteiger partial charge in [-0.25, -0.2) is 4.98 Å². The fourth-order valence-corrected chi connectivity index (χ4v) is 6.53. The van der Waals surface area contributed by atoms with E-state index in [-0.39, 0.29) is 32.0 Å². The number of hydrogen-bond donors (Lipinski definition) is 0. The largest absolute Gasteiger partial charge is 2.00 e. The molecule has 4 nitrogen and oxygen atoms in total. The summed E-state index contributed by atoms with van der Waals surface area (Å²) in [6, 6.07) is 40.4. The quantitative estimate of drug-likeness (QED) is 0.163. The molecule has 2 aromatic heterocycles. The molecule has 0 aliphatic carbocycles. The van der Waals surface area contributed by atoms with Crippen molar-refractivity contribution in [3.8, 4) is 5.82 Å². The molecule has 0 fully saturated rings. The van der Waals surface area contributed by atoms with E-state index in [1.54, 1.807) is 0 Å². The van der Waals surface area contributed by atoms with E-state index in [9.17, 15) is 0 Å². The van der Waals surface area contributed by atoms with Crippen molar-refractivity contribution < 1.29 is 21.1 Å². The van der Waals surface area contributed by atoms with Crippen LogP contribution in [0, 0.1) is 12.1 Å². The maximum Gasteiger partial charge on any atom is 2.00 e. The summed E-state index contributed by atoms with van der Waals surface area (Å²) in [5.74, 6) is 1.35. The summed E-state index contributed by atoms with van der Waals surface area (Å²) in [6.45, 7) is 16.6. The predicted octanol–water partition coefficient (Wildman–Crippen LogP) is 9.94. The molecule has 3 heterocycles. The van der Waals surface area contributed by atoms with Crippen molar-refractivity contribution in [3.05, 3.63) is 126 Å². The molecule has 4 aromatic carbocycles. The maximum atomic E-state index is 4.84. The molecule has 0 unspecified atom stereocenters. The zero-order valence-electron chi connectivity index (χ0n) is 27.1. The van der Waals surface area contributed by atoms with Gasteiger partial charge in [-0.3, -0.25) is 0 Å². The SMILES string of the molecule is CC(C)c1ccnc(-n2c3[c-]c(C(C)(C)c4[c-]c(N5CN(C(C)(C)C)c6ccccc65)ccc4)ccc3c3ccccc32)c1.[Pt+2]. The van der Waals surface area contributed by atoms with E-state index in [1.165, 1.54) is 27.7 Å². The molecular formula is C40H40N4Pt. The molecule has 1 aliphatic rings. The fourth-order valence-electron chi connectivity index (χ4n) is 6.53. The van der Waals surface area contributed by atoms with Crippen molar-refractivity contribution in [2.24, 2.45) is 0 Å². The van der Waals surface area contributed by atoms with E-state index in [4.69, 9.17) is 4.98 Å². The van der Waals surface area contributed by atoms with Crippen molar-refractivity contribution in [3.63, 3.8) is 0 Å². The van der Waals surface area contributed by atoms with Crippen LogP contribution in [0.2, 0.25) is 0 Å². The van der Waals surface area contributed by atoms with Gasteiger partial charge in [-0.1, -0.05) is 69.2 Å². The fraction of sp³-hybridized carbons (Fsp3) is 0.275. The standard InChI is InChI=1S/C40H40N4.Pt/c1-27(2)28-21-22-41-38(23-28)44-34-16-9-8-15-32(34)33-20-19-30(25-37(33)44)40(6,7)29-13-12-14-31(24-29)42-26-43(39(3,4)5)36-18-11-10-17-35(36)42;/h8-23,27H,26H2,1-7H3;/q-2;+2. The Morgan fingerprint density at radius 3 is 2.20 bits per heavy atom. The Kier molecular flexibility index (Phi) is 7.94. The molecule has 0 spiro atoms. The number of aromatic nitrogens is 2. The van der Waals surface area contributed by atoms with Crippen LogP contribution in [0.1, 0.15) is 71.1 Å². The van der Waals surface area contributed by atoms with Gasteiger partial charge in [-0.2, -0.15) is 47.5 Å². The van der Waals surface area contributed by atoms with Crippen molar-refractivity contribution in [1.82, 2.24) is 9.55 Å². The molecule has 45 heavy (non-hydrogen) atoms. The summed E-state index contributed by atoms with van der Waals surface area (Å²) >= 11 is 0. The normalized spacial score (nSPS) is 13.5. The zero-order chi connectivity index (χ0) is 30.8. The Hall–Kier alpha value is -3.88. The average molecular weight is 772 g/mol. The summed E-state index contributed by atoms with van der Waals surface area (Å²) in [5, 5.41) is 2.40. The minimum atomic E-state index is -0.332. The van der Waals surface area contributed by atoms with Crippen LogP contribution in [0.5, 0.6) is 0 Å². The van der Waals surface area contributed by atoms with E-state index >= 15 is 0 Å². The molecule has 230 valence electrons. The van der Waals surface area contributed by atoms with Crippen molar-refractivity contribution in [2.45, 2.75) is 65.3 Å². The number of fused-ring (bicyclic) bond motifs is 4. The topological polar surface area (TPSA) is 24.3 Å². The maximum absolute atomic E-state index is 4.84. The number of pyridine rings is 1. The molecule has 0 atom stereocenters. The Labute approximate surface area is 282 Å². The monoisotopic (exact) mass is 771 g/mol. The van der Waals surface area contributed by atoms with E-state index in [1.807, 2.05) is 6.20 Å². The number of anilines is 3. The van der Waals surface area contributed by atoms with Gasteiger partial charge in [-0.05, 0) is 73.4 Å². The van der Waals surface area contributed by atoms with Crippen molar-refractivity contribution in [2.75, 3.05) is 16.5 Å². The number of rotatable bonds is 5. The molecule has 0 amide bonds. The van der Waals surface area contributed by atoms with Gasteiger partial charge in [0.1, 0.15) is 5.82 Å². The third-order valence-electron chi connectivity index (χ3n) is 9.22. The molecule has 5 heteroatoms. The molecule has 1 aliphatic heterocycles. The smallest absolute Gasteiger partial charge is 0.347 e. The van der Waals surface area contributed by atoms with Crippen LogP contribution in [0.4, 0.5) is 17.1 Å². The van der Waals surface area contributed by atoms with Crippen LogP contribution in [-0.4, -0.2) is 21.8 Å². The first kappa shape index (κ1) is 31.1. The van der Waals surface area contributed by atoms with Crippen LogP contribution in [0.15, 0.2) is 97.2 Å². The molecule has 0 radical (unpaired) electrons. The first-order valence-corrected chi connectivity index (χ1v) is 15.6. The first-order valence-electron chi connectivity index (χ1n) is 15.6. The second kappa shape index (κ2) is 11.5. The first-order chi connectivity index (χ1) is 21.0. The minimum absolute atomic E-state index is 0. The minimum Gasteiger partial charge on any atom is -0.347 e. The Morgan fingerprint density at radius 2 is 1.44 bits per heavy atom. The summed E-state index contributed by atoms with van der Waals surface area (Å²) in [7, 11) is 0. The van der Waals surface area contributed by atoms with Gasteiger partial charge >= 0.3 is 21.1 Å². The average Bonchev–Trinajstić information content (AvgIpc) is 3.58. The van der Waals surface area contributed by atoms with Crippen molar-refractivity contribution >= 4 is 38.9 Å². The number of benzene rings is 4. The van der Waals surface area contributed by atoms with E-state index in [0.29, 0.717) is 5.92 Å².